The van der Waals surface area contributed by atoms with Crippen molar-refractivity contribution in [1.82, 2.24) is 0 Å². The molecule has 1 saturated carbocycles. The summed E-state index contributed by atoms with van der Waals surface area (Å²) in [7, 11) is 0. The van der Waals surface area contributed by atoms with Gasteiger partial charge in [0.15, 0.2) is 0 Å². The summed E-state index contributed by atoms with van der Waals surface area (Å²) in [6.45, 7) is 6.33. The lowest BCUT2D eigenvalue weighted by Gasteiger charge is -2.14. The Balaban J connectivity index is 2.28. The van der Waals surface area contributed by atoms with Gasteiger partial charge in [-0.05, 0) is 48.8 Å². The largest absolute Gasteiger partial charge is 0.396 e. The van der Waals surface area contributed by atoms with Crippen LogP contribution in [0.2, 0.25) is 0 Å². The maximum absolute atomic E-state index is 9.14. The Kier molecular flexibility index (Phi) is 3.65. The number of hydrogen-bond donors (Lipinski definition) is 1. The first-order valence-electron chi connectivity index (χ1n) is 6.33. The molecule has 1 N–H and O–H groups in total. The summed E-state index contributed by atoms with van der Waals surface area (Å²) >= 11 is 0. The van der Waals surface area contributed by atoms with Crippen LogP contribution in [0.1, 0.15) is 54.7 Å². The molecule has 1 aromatic carbocycles. The van der Waals surface area contributed by atoms with E-state index in [1.54, 1.807) is 0 Å². The summed E-state index contributed by atoms with van der Waals surface area (Å²) in [4.78, 5) is 0. The maximum Gasteiger partial charge on any atom is 0.0499 e. The van der Waals surface area contributed by atoms with Gasteiger partial charge >= 0.3 is 0 Å². The summed E-state index contributed by atoms with van der Waals surface area (Å²) in [5, 5.41) is 9.14. The molecular weight excluding hydrogens is 196 g/mol. The molecule has 1 nitrogen and oxygen atoms in total. The molecule has 1 atom stereocenters. The number of aliphatic hydroxyl groups excluding tert-OH is 1. The van der Waals surface area contributed by atoms with Gasteiger partial charge in [-0.2, -0.15) is 0 Å². The Labute approximate surface area is 98.5 Å². The van der Waals surface area contributed by atoms with Crippen LogP contribution in [0.15, 0.2) is 18.2 Å². The van der Waals surface area contributed by atoms with Crippen LogP contribution >= 0.6 is 0 Å². The van der Waals surface area contributed by atoms with Crippen molar-refractivity contribution in [2.75, 3.05) is 6.61 Å². The SMILES string of the molecule is [CH2]C(CO)c1ccc(CCC)c(C2CC2)c1. The Morgan fingerprint density at radius 3 is 2.75 bits per heavy atom. The van der Waals surface area contributed by atoms with E-state index in [9.17, 15) is 0 Å². The van der Waals surface area contributed by atoms with Crippen molar-refractivity contribution < 1.29 is 5.11 Å². The maximum atomic E-state index is 9.14. The van der Waals surface area contributed by atoms with Crippen molar-refractivity contribution in [3.05, 3.63) is 41.8 Å². The van der Waals surface area contributed by atoms with Crippen LogP contribution < -0.4 is 0 Å². The first-order chi connectivity index (χ1) is 7.76. The van der Waals surface area contributed by atoms with E-state index in [0.717, 1.165) is 5.92 Å². The minimum absolute atomic E-state index is 0.0215. The second kappa shape index (κ2) is 5.01. The van der Waals surface area contributed by atoms with Crippen LogP contribution in [-0.2, 0) is 6.42 Å². The molecule has 0 amide bonds. The van der Waals surface area contributed by atoms with E-state index in [2.05, 4.69) is 32.0 Å². The Bertz CT molecular complexity index is 352. The molecule has 0 bridgehead atoms. The van der Waals surface area contributed by atoms with Gasteiger partial charge in [-0.3, -0.25) is 0 Å². The van der Waals surface area contributed by atoms with E-state index in [-0.39, 0.29) is 12.5 Å². The Hall–Kier alpha value is -0.820. The van der Waals surface area contributed by atoms with Gasteiger partial charge in [0.25, 0.3) is 0 Å². The van der Waals surface area contributed by atoms with Crippen LogP contribution in [0.5, 0.6) is 0 Å². The molecule has 0 aromatic heterocycles. The zero-order valence-corrected chi connectivity index (χ0v) is 10.1. The van der Waals surface area contributed by atoms with E-state index in [1.807, 2.05) is 0 Å². The molecule has 16 heavy (non-hydrogen) atoms. The lowest BCUT2D eigenvalue weighted by molar-refractivity contribution is 0.282. The number of aliphatic hydroxyl groups is 1. The fraction of sp³-hybridized carbons (Fsp3) is 0.533. The normalized spacial score (nSPS) is 17.4. The van der Waals surface area contributed by atoms with Gasteiger partial charge in [0, 0.05) is 12.5 Å². The number of hydrogen-bond acceptors (Lipinski definition) is 1. The fourth-order valence-electron chi connectivity index (χ4n) is 2.24. The third kappa shape index (κ3) is 2.46. The molecule has 1 unspecified atom stereocenters. The summed E-state index contributed by atoms with van der Waals surface area (Å²) < 4.78 is 0. The second-order valence-electron chi connectivity index (χ2n) is 4.86. The van der Waals surface area contributed by atoms with E-state index in [1.165, 1.54) is 42.4 Å². The average Bonchev–Trinajstić information content (AvgIpc) is 3.13. The summed E-state index contributed by atoms with van der Waals surface area (Å²) in [6, 6.07) is 6.64. The Morgan fingerprint density at radius 2 is 2.19 bits per heavy atom. The topological polar surface area (TPSA) is 20.2 Å². The van der Waals surface area contributed by atoms with Crippen LogP contribution in [0, 0.1) is 6.92 Å². The van der Waals surface area contributed by atoms with Crippen LogP contribution in [0.4, 0.5) is 0 Å². The predicted octanol–water partition coefficient (Wildman–Crippen LogP) is 3.43. The van der Waals surface area contributed by atoms with Crippen molar-refractivity contribution in [3.8, 4) is 0 Å². The Morgan fingerprint density at radius 1 is 1.44 bits per heavy atom. The molecule has 0 aliphatic heterocycles. The van der Waals surface area contributed by atoms with Crippen molar-refractivity contribution in [3.63, 3.8) is 0 Å². The van der Waals surface area contributed by atoms with E-state index in [4.69, 9.17) is 5.11 Å². The van der Waals surface area contributed by atoms with Gasteiger partial charge in [-0.1, -0.05) is 31.5 Å². The predicted molar refractivity (Wildman–Crippen MR) is 67.6 cm³/mol. The summed E-state index contributed by atoms with van der Waals surface area (Å²) in [6.07, 6.45) is 5.04. The van der Waals surface area contributed by atoms with E-state index in [0.29, 0.717) is 0 Å². The molecule has 1 aliphatic rings. The molecule has 1 aliphatic carbocycles. The fourth-order valence-corrected chi connectivity index (χ4v) is 2.24. The van der Waals surface area contributed by atoms with Crippen molar-refractivity contribution in [1.29, 1.82) is 0 Å². The van der Waals surface area contributed by atoms with E-state index >= 15 is 0 Å². The summed E-state index contributed by atoms with van der Waals surface area (Å²) in [5.41, 5.74) is 4.20. The lowest BCUT2D eigenvalue weighted by Crippen LogP contribution is -2.02. The zero-order chi connectivity index (χ0) is 11.5. The first-order valence-corrected chi connectivity index (χ1v) is 6.33. The highest BCUT2D eigenvalue weighted by Gasteiger charge is 2.26. The van der Waals surface area contributed by atoms with Crippen LogP contribution in [0.3, 0.4) is 0 Å². The standard InChI is InChI=1S/C15H21O/c1-3-4-12-7-8-14(11(2)10-16)9-15(12)13-5-6-13/h7-9,11,13,16H,2-6,10H2,1H3. The molecule has 87 valence electrons. The highest BCUT2D eigenvalue weighted by molar-refractivity contribution is 5.38. The second-order valence-corrected chi connectivity index (χ2v) is 4.86. The van der Waals surface area contributed by atoms with Crippen LogP contribution in [0.25, 0.3) is 0 Å². The van der Waals surface area contributed by atoms with Gasteiger partial charge in [-0.25, -0.2) is 0 Å². The first kappa shape index (κ1) is 11.7. The molecule has 1 heteroatoms. The van der Waals surface area contributed by atoms with Crippen molar-refractivity contribution in [2.24, 2.45) is 0 Å². The quantitative estimate of drug-likeness (QED) is 0.801. The third-order valence-electron chi connectivity index (χ3n) is 3.40. The van der Waals surface area contributed by atoms with E-state index < -0.39 is 0 Å². The molecule has 1 aromatic rings. The minimum Gasteiger partial charge on any atom is -0.396 e. The van der Waals surface area contributed by atoms with Crippen molar-refractivity contribution in [2.45, 2.75) is 44.4 Å². The van der Waals surface area contributed by atoms with Crippen LogP contribution in [-0.4, -0.2) is 11.7 Å². The summed E-state index contributed by atoms with van der Waals surface area (Å²) in [5.74, 6) is 0.806. The van der Waals surface area contributed by atoms with Crippen molar-refractivity contribution >= 4 is 0 Å². The van der Waals surface area contributed by atoms with Gasteiger partial charge in [-0.15, -0.1) is 0 Å². The molecule has 0 heterocycles. The smallest absolute Gasteiger partial charge is 0.0499 e. The molecular formula is C15H21O. The monoisotopic (exact) mass is 217 g/mol. The van der Waals surface area contributed by atoms with Gasteiger partial charge in [0.1, 0.15) is 0 Å². The van der Waals surface area contributed by atoms with Gasteiger partial charge < -0.3 is 5.11 Å². The molecule has 0 saturated heterocycles. The number of benzene rings is 1. The minimum atomic E-state index is 0.0215. The zero-order valence-electron chi connectivity index (χ0n) is 10.1. The molecule has 1 radical (unpaired) electrons. The molecule has 2 rings (SSSR count). The molecule has 0 spiro atoms. The highest BCUT2D eigenvalue weighted by Crippen LogP contribution is 2.42. The van der Waals surface area contributed by atoms with Gasteiger partial charge in [0.05, 0.1) is 0 Å². The highest BCUT2D eigenvalue weighted by atomic mass is 16.3. The molecule has 1 fully saturated rings. The number of rotatable bonds is 5. The van der Waals surface area contributed by atoms with Gasteiger partial charge in [0.2, 0.25) is 0 Å². The third-order valence-corrected chi connectivity index (χ3v) is 3.40. The average molecular weight is 217 g/mol. The number of aryl methyl sites for hydroxylation is 1. The lowest BCUT2D eigenvalue weighted by atomic mass is 9.93.